The summed E-state index contributed by atoms with van der Waals surface area (Å²) in [6.45, 7) is 5.58. The van der Waals surface area contributed by atoms with E-state index in [2.05, 4.69) is 15.7 Å². The highest BCUT2D eigenvalue weighted by Gasteiger charge is 2.21. The van der Waals surface area contributed by atoms with Crippen LogP contribution in [0.25, 0.3) is 0 Å². The van der Waals surface area contributed by atoms with E-state index in [-0.39, 0.29) is 18.5 Å². The zero-order valence-corrected chi connectivity index (χ0v) is 15.3. The van der Waals surface area contributed by atoms with Gasteiger partial charge in [-0.25, -0.2) is 4.79 Å². The van der Waals surface area contributed by atoms with Gasteiger partial charge in [-0.15, -0.1) is 0 Å². The van der Waals surface area contributed by atoms with Gasteiger partial charge in [0.15, 0.2) is 12.4 Å². The normalized spacial score (nSPS) is 12.8. The molecule has 9 heteroatoms. The highest BCUT2D eigenvalue weighted by atomic mass is 35.5. The van der Waals surface area contributed by atoms with Gasteiger partial charge in [0.2, 0.25) is 0 Å². The Kier molecular flexibility index (Phi) is 5.32. The Balaban J connectivity index is 1.72. The van der Waals surface area contributed by atoms with Crippen molar-refractivity contribution in [2.24, 2.45) is 0 Å². The summed E-state index contributed by atoms with van der Waals surface area (Å²) in [7, 11) is 0. The molecule has 0 saturated carbocycles. The minimum absolute atomic E-state index is 0.0759. The molecule has 2 heterocycles. The van der Waals surface area contributed by atoms with E-state index in [0.717, 1.165) is 12.1 Å². The van der Waals surface area contributed by atoms with Crippen molar-refractivity contribution in [3.63, 3.8) is 0 Å². The molecule has 0 spiro atoms. The molecule has 138 valence electrons. The third kappa shape index (κ3) is 3.91. The number of benzene rings is 1. The van der Waals surface area contributed by atoms with Crippen LogP contribution in [-0.2, 0) is 17.9 Å². The molecule has 1 aromatic heterocycles. The van der Waals surface area contributed by atoms with Crippen LogP contribution in [0.3, 0.4) is 0 Å². The van der Waals surface area contributed by atoms with E-state index in [9.17, 15) is 9.59 Å². The summed E-state index contributed by atoms with van der Waals surface area (Å²) in [6.07, 6.45) is 3.67. The number of aryl methyl sites for hydroxylation is 1. The molecule has 8 nitrogen and oxygen atoms in total. The van der Waals surface area contributed by atoms with Crippen LogP contribution in [0.5, 0.6) is 5.75 Å². The predicted octanol–water partition coefficient (Wildman–Crippen LogP) is 2.94. The number of nitrogens with zero attached hydrogens (tertiary/aromatic N) is 3. The summed E-state index contributed by atoms with van der Waals surface area (Å²) in [4.78, 5) is 25.7. The van der Waals surface area contributed by atoms with Crippen LogP contribution < -0.4 is 15.4 Å². The van der Waals surface area contributed by atoms with Crippen molar-refractivity contribution >= 4 is 34.9 Å². The average Bonchev–Trinajstić information content (AvgIpc) is 3.06. The summed E-state index contributed by atoms with van der Waals surface area (Å²) < 4.78 is 7.12. The Labute approximate surface area is 156 Å². The van der Waals surface area contributed by atoms with Crippen molar-refractivity contribution in [3.05, 3.63) is 35.1 Å². The lowest BCUT2D eigenvalue weighted by molar-refractivity contribution is -0.118. The van der Waals surface area contributed by atoms with Crippen LogP contribution in [0.4, 0.5) is 16.2 Å². The lowest BCUT2D eigenvalue weighted by Gasteiger charge is -2.23. The monoisotopic (exact) mass is 377 g/mol. The maximum Gasteiger partial charge on any atom is 0.322 e. The Morgan fingerprint density at radius 2 is 2.27 bits per heavy atom. The molecule has 1 aromatic carbocycles. The van der Waals surface area contributed by atoms with Gasteiger partial charge in [-0.3, -0.25) is 9.48 Å². The molecule has 26 heavy (non-hydrogen) atoms. The summed E-state index contributed by atoms with van der Waals surface area (Å²) in [5.74, 6) is 0.142. The van der Waals surface area contributed by atoms with E-state index < -0.39 is 0 Å². The molecular formula is C17H20ClN5O3. The molecule has 1 aliphatic heterocycles. The van der Waals surface area contributed by atoms with Crippen molar-refractivity contribution in [2.75, 3.05) is 23.8 Å². The second kappa shape index (κ2) is 7.65. The zero-order valence-electron chi connectivity index (χ0n) is 14.6. The van der Waals surface area contributed by atoms with Gasteiger partial charge in [0, 0.05) is 30.5 Å². The number of amides is 3. The first kappa shape index (κ1) is 18.1. The largest absolute Gasteiger partial charge is 0.480 e. The molecule has 0 fully saturated rings. The Morgan fingerprint density at radius 1 is 1.46 bits per heavy atom. The van der Waals surface area contributed by atoms with Gasteiger partial charge in [-0.2, -0.15) is 5.10 Å². The van der Waals surface area contributed by atoms with Crippen molar-refractivity contribution in [2.45, 2.75) is 26.9 Å². The Hall–Kier alpha value is -2.74. The lowest BCUT2D eigenvalue weighted by atomic mass is 10.2. The van der Waals surface area contributed by atoms with E-state index >= 15 is 0 Å². The second-order valence-corrected chi connectivity index (χ2v) is 6.23. The van der Waals surface area contributed by atoms with Crippen molar-refractivity contribution in [3.8, 4) is 5.75 Å². The zero-order chi connectivity index (χ0) is 18.7. The van der Waals surface area contributed by atoms with Gasteiger partial charge in [0.1, 0.15) is 0 Å². The van der Waals surface area contributed by atoms with Crippen molar-refractivity contribution < 1.29 is 14.3 Å². The van der Waals surface area contributed by atoms with Gasteiger partial charge < -0.3 is 20.3 Å². The van der Waals surface area contributed by atoms with Crippen LogP contribution in [-0.4, -0.2) is 39.8 Å². The minimum Gasteiger partial charge on any atom is -0.480 e. The molecule has 0 aliphatic carbocycles. The first-order valence-corrected chi connectivity index (χ1v) is 8.71. The van der Waals surface area contributed by atoms with E-state index in [1.165, 1.54) is 0 Å². The molecule has 2 aromatic rings. The number of nitrogens with one attached hydrogen (secondary N) is 2. The topological polar surface area (TPSA) is 88.5 Å². The number of hydrogen-bond acceptors (Lipinski definition) is 4. The Bertz CT molecular complexity index is 836. The van der Waals surface area contributed by atoms with Crippen LogP contribution in [0.2, 0.25) is 5.02 Å². The number of anilines is 2. The number of urea groups is 1. The average molecular weight is 378 g/mol. The SMILES string of the molecule is CCN(Cc1cnn(CC)c1)C(=O)Nc1cc(Cl)c2c(c1)NC(=O)CO2. The van der Waals surface area contributed by atoms with Gasteiger partial charge in [0.25, 0.3) is 5.91 Å². The summed E-state index contributed by atoms with van der Waals surface area (Å²) in [5.41, 5.74) is 1.87. The molecule has 3 rings (SSSR count). The number of fused-ring (bicyclic) bond motifs is 1. The second-order valence-electron chi connectivity index (χ2n) is 5.82. The molecule has 0 saturated heterocycles. The van der Waals surface area contributed by atoms with E-state index in [4.69, 9.17) is 16.3 Å². The first-order valence-electron chi connectivity index (χ1n) is 8.33. The van der Waals surface area contributed by atoms with Crippen LogP contribution in [0.1, 0.15) is 19.4 Å². The number of halogens is 1. The highest BCUT2D eigenvalue weighted by Crippen LogP contribution is 2.38. The molecule has 3 amide bonds. The lowest BCUT2D eigenvalue weighted by Crippen LogP contribution is -2.34. The van der Waals surface area contributed by atoms with E-state index in [1.807, 2.05) is 24.7 Å². The number of rotatable bonds is 5. The third-order valence-corrected chi connectivity index (χ3v) is 4.25. The maximum absolute atomic E-state index is 12.6. The fraction of sp³-hybridized carbons (Fsp3) is 0.353. The number of ether oxygens (including phenoxy) is 1. The van der Waals surface area contributed by atoms with Gasteiger partial charge in [-0.1, -0.05) is 11.6 Å². The van der Waals surface area contributed by atoms with Crippen LogP contribution in [0.15, 0.2) is 24.5 Å². The molecule has 0 atom stereocenters. The third-order valence-electron chi connectivity index (χ3n) is 3.97. The maximum atomic E-state index is 12.6. The van der Waals surface area contributed by atoms with Gasteiger partial charge in [-0.05, 0) is 26.0 Å². The van der Waals surface area contributed by atoms with Gasteiger partial charge in [0.05, 0.1) is 23.5 Å². The summed E-state index contributed by atoms with van der Waals surface area (Å²) in [5, 5.41) is 10.0. The van der Waals surface area contributed by atoms with Crippen molar-refractivity contribution in [1.82, 2.24) is 14.7 Å². The molecule has 0 unspecified atom stereocenters. The highest BCUT2D eigenvalue weighted by molar-refractivity contribution is 6.33. The fourth-order valence-corrected chi connectivity index (χ4v) is 2.91. The van der Waals surface area contributed by atoms with E-state index in [0.29, 0.717) is 35.2 Å². The van der Waals surface area contributed by atoms with Crippen LogP contribution >= 0.6 is 11.6 Å². The summed E-state index contributed by atoms with van der Waals surface area (Å²) >= 11 is 6.19. The number of aromatic nitrogens is 2. The van der Waals surface area contributed by atoms with Gasteiger partial charge >= 0.3 is 6.03 Å². The smallest absolute Gasteiger partial charge is 0.322 e. The number of carbonyl (C=O) groups excluding carboxylic acids is 2. The Morgan fingerprint density at radius 3 is 2.96 bits per heavy atom. The molecule has 2 N–H and O–H groups in total. The first-order chi connectivity index (χ1) is 12.5. The molecular weight excluding hydrogens is 358 g/mol. The fourth-order valence-electron chi connectivity index (χ4n) is 2.64. The summed E-state index contributed by atoms with van der Waals surface area (Å²) in [6, 6.07) is 2.95. The standard InChI is InChI=1S/C17H20ClN5O3/c1-3-22(8-11-7-19-23(4-2)9-11)17(25)20-12-5-13(18)16-14(6-12)21-15(24)10-26-16/h5-7,9H,3-4,8,10H2,1-2H3,(H,20,25)(H,21,24). The predicted molar refractivity (Wildman–Crippen MR) is 98.6 cm³/mol. The number of hydrogen-bond donors (Lipinski definition) is 2. The molecule has 0 radical (unpaired) electrons. The number of carbonyl (C=O) groups is 2. The van der Waals surface area contributed by atoms with Crippen LogP contribution in [0, 0.1) is 0 Å². The van der Waals surface area contributed by atoms with E-state index in [1.54, 1.807) is 23.2 Å². The molecule has 1 aliphatic rings. The molecule has 0 bridgehead atoms. The minimum atomic E-state index is -0.268. The van der Waals surface area contributed by atoms with Crippen molar-refractivity contribution in [1.29, 1.82) is 0 Å². The quantitative estimate of drug-likeness (QED) is 0.838.